The summed E-state index contributed by atoms with van der Waals surface area (Å²) in [5.74, 6) is -3.73. The summed E-state index contributed by atoms with van der Waals surface area (Å²) in [6.45, 7) is 1.55. The summed E-state index contributed by atoms with van der Waals surface area (Å²) in [5.41, 5.74) is 0.276. The van der Waals surface area contributed by atoms with Gasteiger partial charge >= 0.3 is 5.76 Å². The van der Waals surface area contributed by atoms with Gasteiger partial charge in [-0.15, -0.1) is 0 Å². The molecule has 1 aromatic carbocycles. The number of carbonyl (C=O) groups is 1. The fourth-order valence-corrected chi connectivity index (χ4v) is 2.95. The van der Waals surface area contributed by atoms with E-state index in [0.29, 0.717) is 6.54 Å². The molecule has 0 saturated carbocycles. The van der Waals surface area contributed by atoms with Gasteiger partial charge in [0, 0.05) is 25.2 Å². The fourth-order valence-electron chi connectivity index (χ4n) is 2.23. The molecule has 1 unspecified atom stereocenters. The van der Waals surface area contributed by atoms with Gasteiger partial charge in [0.2, 0.25) is 9.84 Å². The zero-order valence-electron chi connectivity index (χ0n) is 11.4. The molecule has 116 valence electrons. The molecule has 0 bridgehead atoms. The number of nitrogens with one attached hydrogen (secondary N) is 1. The maximum absolute atomic E-state index is 12.4. The minimum Gasteiger partial charge on any atom is -0.337 e. The van der Waals surface area contributed by atoms with E-state index in [9.17, 15) is 22.0 Å². The van der Waals surface area contributed by atoms with Crippen LogP contribution in [0.25, 0.3) is 0 Å². The van der Waals surface area contributed by atoms with Crippen molar-refractivity contribution in [3.05, 3.63) is 29.8 Å². The third-order valence-corrected chi connectivity index (χ3v) is 4.97. The maximum Gasteiger partial charge on any atom is 0.341 e. The molecule has 0 spiro atoms. The third kappa shape index (κ3) is 3.21. The first kappa shape index (κ1) is 15.8. The number of rotatable bonds is 4. The largest absolute Gasteiger partial charge is 0.341 e. The molecule has 1 atom stereocenters. The highest BCUT2D eigenvalue weighted by Gasteiger charge is 2.27. The molecule has 8 heteroatoms. The molecule has 0 radical (unpaired) electrons. The van der Waals surface area contributed by atoms with E-state index >= 15 is 0 Å². The lowest BCUT2D eigenvalue weighted by atomic mass is 10.1. The van der Waals surface area contributed by atoms with Crippen molar-refractivity contribution >= 4 is 15.7 Å². The summed E-state index contributed by atoms with van der Waals surface area (Å²) >= 11 is 0. The molecule has 0 aliphatic carbocycles. The summed E-state index contributed by atoms with van der Waals surface area (Å²) in [5, 5.41) is 3.14. The standard InChI is InChI=1S/C13H16F2N2O3S/c1-17(10-6-7-16-8-10)12(18)9-2-4-11(5-3-9)21(19,20)13(14)15/h2-5,10,13,16H,6-8H2,1H3. The molecular weight excluding hydrogens is 302 g/mol. The van der Waals surface area contributed by atoms with E-state index in [-0.39, 0.29) is 17.5 Å². The van der Waals surface area contributed by atoms with E-state index in [4.69, 9.17) is 0 Å². The number of hydrogen-bond donors (Lipinski definition) is 1. The molecule has 1 aliphatic rings. The predicted molar refractivity (Wildman–Crippen MR) is 73.0 cm³/mol. The summed E-state index contributed by atoms with van der Waals surface area (Å²) in [7, 11) is -2.95. The van der Waals surface area contributed by atoms with Crippen molar-refractivity contribution in [1.29, 1.82) is 0 Å². The van der Waals surface area contributed by atoms with Gasteiger partial charge in [-0.05, 0) is 37.2 Å². The molecule has 0 aromatic heterocycles. The SMILES string of the molecule is CN(C(=O)c1ccc(S(=O)(=O)C(F)F)cc1)C1CCNC1. The molecule has 2 rings (SSSR count). The van der Waals surface area contributed by atoms with Crippen molar-refractivity contribution in [2.24, 2.45) is 0 Å². The number of likely N-dealkylation sites (N-methyl/N-ethyl adjacent to an activating group) is 1. The second kappa shape index (κ2) is 6.07. The lowest BCUT2D eigenvalue weighted by Gasteiger charge is -2.23. The quantitative estimate of drug-likeness (QED) is 0.903. The van der Waals surface area contributed by atoms with Gasteiger partial charge in [-0.2, -0.15) is 8.78 Å². The predicted octanol–water partition coefficient (Wildman–Crippen LogP) is 1.12. The molecule has 1 N–H and O–H groups in total. The lowest BCUT2D eigenvalue weighted by molar-refractivity contribution is 0.0743. The zero-order valence-corrected chi connectivity index (χ0v) is 12.2. The van der Waals surface area contributed by atoms with Crippen molar-refractivity contribution in [3.8, 4) is 0 Å². The Kier molecular flexibility index (Phi) is 4.58. The number of carbonyl (C=O) groups excluding carboxylic acids is 1. The second-order valence-electron chi connectivity index (χ2n) is 4.89. The van der Waals surface area contributed by atoms with E-state index in [1.54, 1.807) is 11.9 Å². The molecule has 1 saturated heterocycles. The van der Waals surface area contributed by atoms with Crippen molar-refractivity contribution in [1.82, 2.24) is 10.2 Å². The molecule has 1 aromatic rings. The topological polar surface area (TPSA) is 66.5 Å². The van der Waals surface area contributed by atoms with Crippen LogP contribution in [0.4, 0.5) is 8.78 Å². The number of halogens is 2. The van der Waals surface area contributed by atoms with Gasteiger partial charge < -0.3 is 10.2 Å². The Morgan fingerprint density at radius 1 is 1.33 bits per heavy atom. The summed E-state index contributed by atoms with van der Waals surface area (Å²) in [4.78, 5) is 13.3. The summed E-state index contributed by atoms with van der Waals surface area (Å²) < 4.78 is 47.4. The molecule has 21 heavy (non-hydrogen) atoms. The molecule has 5 nitrogen and oxygen atoms in total. The average molecular weight is 318 g/mol. The monoisotopic (exact) mass is 318 g/mol. The first-order chi connectivity index (χ1) is 9.84. The third-order valence-electron chi connectivity index (χ3n) is 3.57. The fraction of sp³-hybridized carbons (Fsp3) is 0.462. The van der Waals surface area contributed by atoms with Crippen LogP contribution >= 0.6 is 0 Å². The van der Waals surface area contributed by atoms with Crippen molar-refractivity contribution < 1.29 is 22.0 Å². The Morgan fingerprint density at radius 3 is 2.43 bits per heavy atom. The van der Waals surface area contributed by atoms with Gasteiger partial charge in [0.05, 0.1) is 4.90 Å². The van der Waals surface area contributed by atoms with Crippen LogP contribution < -0.4 is 5.32 Å². The first-order valence-electron chi connectivity index (χ1n) is 6.44. The van der Waals surface area contributed by atoms with Crippen molar-refractivity contribution in [2.45, 2.75) is 23.1 Å². The molecule has 1 aliphatic heterocycles. The van der Waals surface area contributed by atoms with Crippen LogP contribution in [0.1, 0.15) is 16.8 Å². The molecule has 1 heterocycles. The van der Waals surface area contributed by atoms with Gasteiger partial charge in [-0.25, -0.2) is 8.42 Å². The van der Waals surface area contributed by atoms with Crippen LogP contribution in [0.2, 0.25) is 0 Å². The average Bonchev–Trinajstić information content (AvgIpc) is 3.00. The maximum atomic E-state index is 12.4. The normalized spacial score (nSPS) is 19.0. The highest BCUT2D eigenvalue weighted by Crippen LogP contribution is 2.19. The summed E-state index contributed by atoms with van der Waals surface area (Å²) in [6.07, 6.45) is 0.847. The zero-order chi connectivity index (χ0) is 15.6. The number of amides is 1. The number of benzene rings is 1. The Labute approximate surface area is 121 Å². The second-order valence-corrected chi connectivity index (χ2v) is 6.81. The smallest absolute Gasteiger partial charge is 0.337 e. The van der Waals surface area contributed by atoms with Crippen LogP contribution in [0.5, 0.6) is 0 Å². The first-order valence-corrected chi connectivity index (χ1v) is 7.98. The van der Waals surface area contributed by atoms with Crippen LogP contribution in [0.15, 0.2) is 29.2 Å². The van der Waals surface area contributed by atoms with E-state index in [2.05, 4.69) is 5.32 Å². The number of hydrogen-bond acceptors (Lipinski definition) is 4. The van der Waals surface area contributed by atoms with Crippen LogP contribution in [0, 0.1) is 0 Å². The van der Waals surface area contributed by atoms with E-state index < -0.39 is 20.5 Å². The summed E-state index contributed by atoms with van der Waals surface area (Å²) in [6, 6.07) is 4.68. The highest BCUT2D eigenvalue weighted by atomic mass is 32.2. The lowest BCUT2D eigenvalue weighted by Crippen LogP contribution is -2.38. The van der Waals surface area contributed by atoms with E-state index in [1.807, 2.05) is 0 Å². The number of sulfone groups is 1. The molecule has 1 amide bonds. The van der Waals surface area contributed by atoms with Gasteiger partial charge in [0.15, 0.2) is 0 Å². The van der Waals surface area contributed by atoms with Gasteiger partial charge in [-0.3, -0.25) is 4.79 Å². The van der Waals surface area contributed by atoms with Crippen molar-refractivity contribution in [2.75, 3.05) is 20.1 Å². The van der Waals surface area contributed by atoms with Crippen LogP contribution in [0.3, 0.4) is 0 Å². The highest BCUT2D eigenvalue weighted by molar-refractivity contribution is 7.91. The van der Waals surface area contributed by atoms with Crippen LogP contribution in [-0.2, 0) is 9.84 Å². The number of nitrogens with zero attached hydrogens (tertiary/aromatic N) is 1. The Bertz CT molecular complexity index is 611. The molecule has 1 fully saturated rings. The Balaban J connectivity index is 2.17. The minimum absolute atomic E-state index is 0.0852. The van der Waals surface area contributed by atoms with E-state index in [1.165, 1.54) is 12.1 Å². The Morgan fingerprint density at radius 2 is 1.95 bits per heavy atom. The number of alkyl halides is 2. The molecular formula is C13H16F2N2O3S. The van der Waals surface area contributed by atoms with Crippen LogP contribution in [-0.4, -0.2) is 51.2 Å². The van der Waals surface area contributed by atoms with Gasteiger partial charge in [0.25, 0.3) is 5.91 Å². The minimum atomic E-state index is -4.62. The Hall–Kier alpha value is -1.54. The van der Waals surface area contributed by atoms with Gasteiger partial charge in [-0.1, -0.05) is 0 Å². The van der Waals surface area contributed by atoms with Crippen molar-refractivity contribution in [3.63, 3.8) is 0 Å². The van der Waals surface area contributed by atoms with E-state index in [0.717, 1.165) is 25.1 Å². The van der Waals surface area contributed by atoms with Gasteiger partial charge in [0.1, 0.15) is 0 Å².